The number of likely N-dealkylation sites (N-methyl/N-ethyl adjacent to an activating group) is 1. The maximum Gasteiger partial charge on any atom is 0.260 e. The Morgan fingerprint density at radius 3 is 2.32 bits per heavy atom. The van der Waals surface area contributed by atoms with E-state index in [0.29, 0.717) is 10.6 Å². The molecule has 2 atom stereocenters. The number of sulfonamides is 1. The molecule has 174 valence electrons. The van der Waals surface area contributed by atoms with E-state index in [9.17, 15) is 18.0 Å². The molecule has 1 aromatic carbocycles. The summed E-state index contributed by atoms with van der Waals surface area (Å²) < 4.78 is 26.9. The molecule has 0 aliphatic heterocycles. The number of rotatable bonds is 8. The molecule has 0 aromatic heterocycles. The van der Waals surface area contributed by atoms with E-state index in [4.69, 9.17) is 17.3 Å². The van der Waals surface area contributed by atoms with Gasteiger partial charge in [0.1, 0.15) is 0 Å². The van der Waals surface area contributed by atoms with Crippen molar-refractivity contribution >= 4 is 33.4 Å². The van der Waals surface area contributed by atoms with Crippen LogP contribution in [0, 0.1) is 11.3 Å². The highest BCUT2D eigenvalue weighted by molar-refractivity contribution is 7.89. The summed E-state index contributed by atoms with van der Waals surface area (Å²) in [6.07, 6.45) is 1.60. The molecule has 0 bridgehead atoms. The van der Waals surface area contributed by atoms with Crippen molar-refractivity contribution in [3.63, 3.8) is 0 Å². The van der Waals surface area contributed by atoms with E-state index < -0.39 is 33.4 Å². The molecule has 0 spiro atoms. The van der Waals surface area contributed by atoms with Crippen LogP contribution in [0.4, 0.5) is 0 Å². The highest BCUT2D eigenvalue weighted by Crippen LogP contribution is 2.22. The lowest BCUT2D eigenvalue weighted by atomic mass is 9.86. The number of carbonyl (C=O) groups excluding carboxylic acids is 2. The molecule has 0 aliphatic rings. The maximum absolute atomic E-state index is 12.8. The van der Waals surface area contributed by atoms with Crippen molar-refractivity contribution in [1.29, 1.82) is 0 Å². The molecule has 3 N–H and O–H groups in total. The molecular formula is C22H34ClN3O4S. The normalized spacial score (nSPS) is 14.8. The summed E-state index contributed by atoms with van der Waals surface area (Å²) in [7, 11) is -2.29. The van der Waals surface area contributed by atoms with E-state index in [2.05, 4.69) is 4.72 Å². The Morgan fingerprint density at radius 1 is 1.26 bits per heavy atom. The Labute approximate surface area is 191 Å². The largest absolute Gasteiger partial charge is 0.338 e. The van der Waals surface area contributed by atoms with Crippen molar-refractivity contribution in [1.82, 2.24) is 9.62 Å². The quantitative estimate of drug-likeness (QED) is 0.566. The standard InChI is InChI=1S/C22H34ClN3O4S/c1-14(2)18(26(7)21(28)19(24)22(4,5)6)11-15(3)20(27)25-31(29,30)13-16-9-8-10-17(23)12-16/h8-12,14,18-19H,13,24H2,1-7H3,(H,25,27)/b15-11+/t18-,19-/m1/s1. The van der Waals surface area contributed by atoms with Gasteiger partial charge in [0.05, 0.1) is 17.8 Å². The zero-order chi connectivity index (χ0) is 24.1. The van der Waals surface area contributed by atoms with Crippen molar-refractivity contribution in [2.45, 2.75) is 59.4 Å². The molecule has 31 heavy (non-hydrogen) atoms. The molecule has 7 nitrogen and oxygen atoms in total. The average molecular weight is 472 g/mol. The zero-order valence-corrected chi connectivity index (χ0v) is 20.8. The summed E-state index contributed by atoms with van der Waals surface area (Å²) in [5, 5.41) is 0.413. The molecule has 0 heterocycles. The van der Waals surface area contributed by atoms with Gasteiger partial charge in [0.15, 0.2) is 0 Å². The first-order chi connectivity index (χ1) is 14.0. The fourth-order valence-electron chi connectivity index (χ4n) is 2.92. The first kappa shape index (κ1) is 27.1. The van der Waals surface area contributed by atoms with Crippen LogP contribution in [0.1, 0.15) is 47.1 Å². The number of nitrogens with one attached hydrogen (secondary N) is 1. The number of nitrogens with two attached hydrogens (primary N) is 1. The minimum absolute atomic E-state index is 0.0214. The summed E-state index contributed by atoms with van der Waals surface area (Å²) in [5.41, 5.74) is 6.35. The van der Waals surface area contributed by atoms with Gasteiger partial charge in [-0.05, 0) is 36.0 Å². The van der Waals surface area contributed by atoms with Crippen molar-refractivity contribution in [3.8, 4) is 0 Å². The van der Waals surface area contributed by atoms with Gasteiger partial charge >= 0.3 is 0 Å². The molecule has 0 radical (unpaired) electrons. The van der Waals surface area contributed by atoms with Crippen LogP contribution in [0.2, 0.25) is 5.02 Å². The van der Waals surface area contributed by atoms with Gasteiger partial charge in [-0.2, -0.15) is 0 Å². The van der Waals surface area contributed by atoms with E-state index in [-0.39, 0.29) is 23.2 Å². The van der Waals surface area contributed by atoms with Gasteiger partial charge < -0.3 is 10.6 Å². The Morgan fingerprint density at radius 2 is 1.84 bits per heavy atom. The maximum atomic E-state index is 12.8. The van der Waals surface area contributed by atoms with Crippen LogP contribution >= 0.6 is 11.6 Å². The number of halogens is 1. The molecule has 0 fully saturated rings. The number of benzene rings is 1. The average Bonchev–Trinajstić information content (AvgIpc) is 2.62. The first-order valence-corrected chi connectivity index (χ1v) is 12.1. The van der Waals surface area contributed by atoms with Crippen molar-refractivity contribution in [2.24, 2.45) is 17.1 Å². The summed E-state index contributed by atoms with van der Waals surface area (Å²) in [4.78, 5) is 26.9. The van der Waals surface area contributed by atoms with Crippen molar-refractivity contribution in [3.05, 3.63) is 46.5 Å². The van der Waals surface area contributed by atoms with Crippen molar-refractivity contribution in [2.75, 3.05) is 7.05 Å². The number of nitrogens with zero attached hydrogens (tertiary/aromatic N) is 1. The minimum Gasteiger partial charge on any atom is -0.338 e. The lowest BCUT2D eigenvalue weighted by Gasteiger charge is -2.35. The van der Waals surface area contributed by atoms with Crippen LogP contribution in [-0.4, -0.2) is 44.3 Å². The van der Waals surface area contributed by atoms with Crippen LogP contribution in [-0.2, 0) is 25.4 Å². The van der Waals surface area contributed by atoms with Crippen molar-refractivity contribution < 1.29 is 18.0 Å². The monoisotopic (exact) mass is 471 g/mol. The smallest absolute Gasteiger partial charge is 0.260 e. The van der Waals surface area contributed by atoms with Crippen LogP contribution < -0.4 is 10.5 Å². The Kier molecular flexibility index (Phi) is 9.29. The van der Waals surface area contributed by atoms with Crippen LogP contribution in [0.3, 0.4) is 0 Å². The highest BCUT2D eigenvalue weighted by Gasteiger charge is 2.33. The predicted octanol–water partition coefficient (Wildman–Crippen LogP) is 3.09. The summed E-state index contributed by atoms with van der Waals surface area (Å²) in [6.45, 7) is 11.0. The summed E-state index contributed by atoms with van der Waals surface area (Å²) >= 11 is 5.89. The lowest BCUT2D eigenvalue weighted by Crippen LogP contribution is -2.52. The number of amides is 2. The molecule has 0 unspecified atom stereocenters. The zero-order valence-electron chi connectivity index (χ0n) is 19.3. The second kappa shape index (κ2) is 10.6. The number of hydrogen-bond acceptors (Lipinski definition) is 5. The van der Waals surface area contributed by atoms with E-state index in [1.807, 2.05) is 34.6 Å². The van der Waals surface area contributed by atoms with E-state index in [0.717, 1.165) is 0 Å². The molecule has 2 amide bonds. The third-order valence-corrected chi connectivity index (χ3v) is 6.39. The summed E-state index contributed by atoms with van der Waals surface area (Å²) in [6, 6.07) is 5.29. The van der Waals surface area contributed by atoms with Gasteiger partial charge in [0.2, 0.25) is 15.9 Å². The topological polar surface area (TPSA) is 110 Å². The second-order valence-corrected chi connectivity index (χ2v) is 11.4. The highest BCUT2D eigenvalue weighted by atomic mass is 35.5. The Bertz CT molecular complexity index is 936. The first-order valence-electron chi connectivity index (χ1n) is 10.0. The third kappa shape index (κ3) is 8.27. The molecule has 0 saturated heterocycles. The third-order valence-electron chi connectivity index (χ3n) is 4.95. The molecule has 1 aromatic rings. The molecule has 0 saturated carbocycles. The van der Waals surface area contributed by atoms with Gasteiger partial charge in [0.25, 0.3) is 5.91 Å². The summed E-state index contributed by atoms with van der Waals surface area (Å²) in [5.74, 6) is -1.39. The molecule has 9 heteroatoms. The van der Waals surface area contributed by atoms with Gasteiger partial charge in [-0.15, -0.1) is 0 Å². The second-order valence-electron chi connectivity index (χ2n) is 9.20. The number of hydrogen-bond donors (Lipinski definition) is 2. The van der Waals surface area contributed by atoms with Crippen LogP contribution in [0.5, 0.6) is 0 Å². The number of carbonyl (C=O) groups is 2. The fraction of sp³-hybridized carbons (Fsp3) is 0.545. The molecular weight excluding hydrogens is 438 g/mol. The van der Waals surface area contributed by atoms with Crippen LogP contribution in [0.15, 0.2) is 35.9 Å². The van der Waals surface area contributed by atoms with Gasteiger partial charge in [0, 0.05) is 17.6 Å². The van der Waals surface area contributed by atoms with Gasteiger partial charge in [-0.25, -0.2) is 13.1 Å². The lowest BCUT2D eigenvalue weighted by molar-refractivity contribution is -0.135. The van der Waals surface area contributed by atoms with E-state index >= 15 is 0 Å². The predicted molar refractivity (Wildman–Crippen MR) is 125 cm³/mol. The molecule has 1 rings (SSSR count). The Hall–Kier alpha value is -1.90. The fourth-order valence-corrected chi connectivity index (χ4v) is 4.27. The van der Waals surface area contributed by atoms with Gasteiger partial charge in [-0.1, -0.05) is 64.4 Å². The minimum atomic E-state index is -3.92. The Balaban J connectivity index is 3.00. The van der Waals surface area contributed by atoms with E-state index in [1.165, 1.54) is 17.9 Å². The van der Waals surface area contributed by atoms with Gasteiger partial charge in [-0.3, -0.25) is 9.59 Å². The van der Waals surface area contributed by atoms with Crippen LogP contribution in [0.25, 0.3) is 0 Å². The molecule has 0 aliphatic carbocycles. The van der Waals surface area contributed by atoms with E-state index in [1.54, 1.807) is 31.3 Å². The SMILES string of the molecule is C/C(=C\[C@H](C(C)C)N(C)C(=O)[C@@H](N)C(C)(C)C)C(=O)NS(=O)(=O)Cc1cccc(Cl)c1.